The van der Waals surface area contributed by atoms with E-state index in [1.54, 1.807) is 12.1 Å². The van der Waals surface area contributed by atoms with Gasteiger partial charge in [0.05, 0.1) is 6.42 Å². The summed E-state index contributed by atoms with van der Waals surface area (Å²) in [5.74, 6) is -0.682. The van der Waals surface area contributed by atoms with Crippen molar-refractivity contribution < 1.29 is 14.3 Å². The molecule has 0 bridgehead atoms. The molecule has 0 unspecified atom stereocenters. The molecular weight excluding hydrogens is 358 g/mol. The summed E-state index contributed by atoms with van der Waals surface area (Å²) in [6, 6.07) is 16.9. The van der Waals surface area contributed by atoms with Crippen LogP contribution in [0.1, 0.15) is 24.8 Å². The number of halogens is 1. The molecule has 0 aliphatic carbocycles. The standard InChI is InChI=1S/C18H18BrNO3/c1-13(14-5-3-2-4-6-14)11-18(22)23-12-17(21)20-16-9-7-15(19)8-10-16/h2-10,13H,11-12H2,1H3,(H,20,21)/t13-/m1/s1. The highest BCUT2D eigenvalue weighted by Crippen LogP contribution is 2.19. The topological polar surface area (TPSA) is 55.4 Å². The number of carbonyl (C=O) groups excluding carboxylic acids is 2. The van der Waals surface area contributed by atoms with E-state index in [-0.39, 0.29) is 30.8 Å². The van der Waals surface area contributed by atoms with Gasteiger partial charge in [0.2, 0.25) is 0 Å². The average molecular weight is 376 g/mol. The summed E-state index contributed by atoms with van der Waals surface area (Å²) in [6.45, 7) is 1.68. The molecule has 0 saturated heterocycles. The Balaban J connectivity index is 1.75. The van der Waals surface area contributed by atoms with Crippen molar-refractivity contribution >= 4 is 33.5 Å². The van der Waals surface area contributed by atoms with Gasteiger partial charge in [0.1, 0.15) is 0 Å². The van der Waals surface area contributed by atoms with Crippen LogP contribution in [0.25, 0.3) is 0 Å². The van der Waals surface area contributed by atoms with Gasteiger partial charge in [-0.2, -0.15) is 0 Å². The van der Waals surface area contributed by atoms with Crippen molar-refractivity contribution in [2.24, 2.45) is 0 Å². The molecule has 0 aliphatic rings. The van der Waals surface area contributed by atoms with E-state index in [4.69, 9.17) is 4.74 Å². The quantitative estimate of drug-likeness (QED) is 0.772. The number of amides is 1. The highest BCUT2D eigenvalue weighted by atomic mass is 79.9. The Morgan fingerprint density at radius 2 is 1.74 bits per heavy atom. The van der Waals surface area contributed by atoms with E-state index in [0.717, 1.165) is 10.0 Å². The van der Waals surface area contributed by atoms with Gasteiger partial charge in [-0.05, 0) is 35.7 Å². The van der Waals surface area contributed by atoms with Crippen molar-refractivity contribution in [1.82, 2.24) is 0 Å². The van der Waals surface area contributed by atoms with Crippen molar-refractivity contribution in [3.05, 3.63) is 64.6 Å². The number of anilines is 1. The molecule has 2 aromatic rings. The van der Waals surface area contributed by atoms with Gasteiger partial charge in [-0.15, -0.1) is 0 Å². The Bertz CT molecular complexity index is 656. The summed E-state index contributed by atoms with van der Waals surface area (Å²) in [5.41, 5.74) is 1.73. The van der Waals surface area contributed by atoms with E-state index in [2.05, 4.69) is 21.2 Å². The van der Waals surface area contributed by atoms with Crippen LogP contribution >= 0.6 is 15.9 Å². The number of hydrogen-bond donors (Lipinski definition) is 1. The number of carbonyl (C=O) groups is 2. The normalized spacial score (nSPS) is 11.6. The zero-order chi connectivity index (χ0) is 16.7. The number of hydrogen-bond acceptors (Lipinski definition) is 3. The lowest BCUT2D eigenvalue weighted by molar-refractivity contribution is -0.147. The van der Waals surface area contributed by atoms with E-state index >= 15 is 0 Å². The van der Waals surface area contributed by atoms with Gasteiger partial charge in [-0.25, -0.2) is 0 Å². The second-order valence-corrected chi connectivity index (χ2v) is 6.15. The molecule has 0 aliphatic heterocycles. The van der Waals surface area contributed by atoms with Crippen molar-refractivity contribution in [3.63, 3.8) is 0 Å². The van der Waals surface area contributed by atoms with Gasteiger partial charge in [0.25, 0.3) is 5.91 Å². The molecule has 0 fully saturated rings. The monoisotopic (exact) mass is 375 g/mol. The minimum absolute atomic E-state index is 0.0539. The van der Waals surface area contributed by atoms with Crippen LogP contribution in [0, 0.1) is 0 Å². The minimum Gasteiger partial charge on any atom is -0.456 e. The van der Waals surface area contributed by atoms with Crippen molar-refractivity contribution in [2.45, 2.75) is 19.3 Å². The van der Waals surface area contributed by atoms with Crippen LogP contribution in [0.3, 0.4) is 0 Å². The average Bonchev–Trinajstić information content (AvgIpc) is 2.56. The Morgan fingerprint density at radius 3 is 2.39 bits per heavy atom. The van der Waals surface area contributed by atoms with Gasteiger partial charge >= 0.3 is 5.97 Å². The van der Waals surface area contributed by atoms with Crippen LogP contribution in [-0.4, -0.2) is 18.5 Å². The largest absolute Gasteiger partial charge is 0.456 e. The van der Waals surface area contributed by atoms with Crippen LogP contribution in [-0.2, 0) is 14.3 Å². The number of ether oxygens (including phenoxy) is 1. The second-order valence-electron chi connectivity index (χ2n) is 5.23. The summed E-state index contributed by atoms with van der Waals surface area (Å²) in [5, 5.41) is 2.67. The first-order valence-corrected chi connectivity index (χ1v) is 8.10. The van der Waals surface area contributed by atoms with Gasteiger partial charge in [0, 0.05) is 10.2 Å². The molecule has 0 radical (unpaired) electrons. The summed E-state index contributed by atoms with van der Waals surface area (Å²) in [6.07, 6.45) is 0.246. The van der Waals surface area contributed by atoms with Gasteiger partial charge in [-0.1, -0.05) is 53.2 Å². The lowest BCUT2D eigenvalue weighted by Gasteiger charge is -2.11. The minimum atomic E-state index is -0.382. The fraction of sp³-hybridized carbons (Fsp3) is 0.222. The highest BCUT2D eigenvalue weighted by Gasteiger charge is 2.13. The Hall–Kier alpha value is -2.14. The van der Waals surface area contributed by atoms with Crippen molar-refractivity contribution in [1.29, 1.82) is 0 Å². The molecule has 1 amide bonds. The summed E-state index contributed by atoms with van der Waals surface area (Å²) < 4.78 is 5.96. The smallest absolute Gasteiger partial charge is 0.306 e. The molecule has 120 valence electrons. The molecule has 2 rings (SSSR count). The van der Waals surface area contributed by atoms with Gasteiger partial charge in [0.15, 0.2) is 6.61 Å². The predicted octanol–water partition coefficient (Wildman–Crippen LogP) is 4.12. The molecule has 2 aromatic carbocycles. The van der Waals surface area contributed by atoms with E-state index in [1.165, 1.54) is 0 Å². The zero-order valence-corrected chi connectivity index (χ0v) is 14.4. The molecule has 4 nitrogen and oxygen atoms in total. The summed E-state index contributed by atoms with van der Waals surface area (Å²) >= 11 is 3.32. The van der Waals surface area contributed by atoms with Crippen LogP contribution < -0.4 is 5.32 Å². The molecule has 1 N–H and O–H groups in total. The van der Waals surface area contributed by atoms with E-state index in [1.807, 2.05) is 49.4 Å². The molecule has 0 saturated carbocycles. The Labute approximate surface area is 144 Å². The molecule has 0 aromatic heterocycles. The number of nitrogens with one attached hydrogen (secondary N) is 1. The fourth-order valence-electron chi connectivity index (χ4n) is 2.08. The molecule has 0 spiro atoms. The SMILES string of the molecule is C[C@H](CC(=O)OCC(=O)Nc1ccc(Br)cc1)c1ccccc1. The van der Waals surface area contributed by atoms with Crippen LogP contribution in [0.15, 0.2) is 59.1 Å². The Morgan fingerprint density at radius 1 is 1.09 bits per heavy atom. The van der Waals surface area contributed by atoms with Gasteiger partial charge < -0.3 is 10.1 Å². The van der Waals surface area contributed by atoms with Crippen molar-refractivity contribution in [3.8, 4) is 0 Å². The fourth-order valence-corrected chi connectivity index (χ4v) is 2.35. The van der Waals surface area contributed by atoms with Crippen LogP contribution in [0.2, 0.25) is 0 Å². The summed E-state index contributed by atoms with van der Waals surface area (Å²) in [4.78, 5) is 23.6. The number of benzene rings is 2. The number of rotatable bonds is 6. The third-order valence-electron chi connectivity index (χ3n) is 3.33. The van der Waals surface area contributed by atoms with Crippen LogP contribution in [0.5, 0.6) is 0 Å². The first-order chi connectivity index (χ1) is 11.0. The molecule has 5 heteroatoms. The van der Waals surface area contributed by atoms with Gasteiger partial charge in [-0.3, -0.25) is 9.59 Å². The predicted molar refractivity (Wildman–Crippen MR) is 93.2 cm³/mol. The second kappa shape index (κ2) is 8.48. The third kappa shape index (κ3) is 5.87. The lowest BCUT2D eigenvalue weighted by atomic mass is 9.98. The molecule has 23 heavy (non-hydrogen) atoms. The third-order valence-corrected chi connectivity index (χ3v) is 3.86. The molecule has 0 heterocycles. The van der Waals surface area contributed by atoms with E-state index in [0.29, 0.717) is 5.69 Å². The zero-order valence-electron chi connectivity index (χ0n) is 12.8. The molecular formula is C18H18BrNO3. The maximum absolute atomic E-state index is 11.8. The highest BCUT2D eigenvalue weighted by molar-refractivity contribution is 9.10. The van der Waals surface area contributed by atoms with Crippen LogP contribution in [0.4, 0.5) is 5.69 Å². The first kappa shape index (κ1) is 17.2. The maximum atomic E-state index is 11.8. The molecule has 1 atom stereocenters. The lowest BCUT2D eigenvalue weighted by Crippen LogP contribution is -2.21. The summed E-state index contributed by atoms with van der Waals surface area (Å²) in [7, 11) is 0. The number of esters is 1. The maximum Gasteiger partial charge on any atom is 0.306 e. The van der Waals surface area contributed by atoms with E-state index in [9.17, 15) is 9.59 Å². The Kier molecular flexibility index (Phi) is 6.35. The van der Waals surface area contributed by atoms with E-state index < -0.39 is 0 Å². The van der Waals surface area contributed by atoms with Crippen molar-refractivity contribution in [2.75, 3.05) is 11.9 Å². The first-order valence-electron chi connectivity index (χ1n) is 7.30.